The Morgan fingerprint density at radius 3 is 2.57 bits per heavy atom. The lowest BCUT2D eigenvalue weighted by atomic mass is 9.96. The summed E-state index contributed by atoms with van der Waals surface area (Å²) in [6, 6.07) is 5.40. The minimum absolute atomic E-state index is 0.506. The monoisotopic (exact) mass is 192 g/mol. The van der Waals surface area contributed by atoms with E-state index < -0.39 is 5.54 Å². The lowest BCUT2D eigenvalue weighted by Crippen LogP contribution is -2.42. The maximum atomic E-state index is 9.93. The molecule has 76 valence electrons. The molecule has 0 aliphatic rings. The zero-order valence-electron chi connectivity index (χ0n) is 8.86. The lowest BCUT2D eigenvalue weighted by Gasteiger charge is -2.34. The largest absolute Gasteiger partial charge is 0.286 e. The van der Waals surface area contributed by atoms with E-state index in [0.717, 1.165) is 10.6 Å². The Morgan fingerprint density at radius 1 is 1.50 bits per heavy atom. The van der Waals surface area contributed by atoms with Crippen molar-refractivity contribution in [3.05, 3.63) is 36.5 Å². The highest BCUT2D eigenvalue weighted by Gasteiger charge is 2.27. The molecule has 1 aromatic heterocycles. The van der Waals surface area contributed by atoms with Crippen LogP contribution in [0.3, 0.4) is 0 Å². The van der Waals surface area contributed by atoms with Gasteiger partial charge >= 0.3 is 0 Å². The first kappa shape index (κ1) is 10.7. The molecule has 0 radical (unpaired) electrons. The van der Waals surface area contributed by atoms with Gasteiger partial charge in [0.1, 0.15) is 0 Å². The molecule has 0 aromatic carbocycles. The van der Waals surface area contributed by atoms with E-state index in [1.807, 2.05) is 32.9 Å². The van der Waals surface area contributed by atoms with Crippen LogP contribution in [-0.2, 0) is 0 Å². The van der Waals surface area contributed by atoms with Gasteiger partial charge in [0.15, 0.2) is 5.82 Å². The van der Waals surface area contributed by atoms with Gasteiger partial charge in [0.2, 0.25) is 0 Å². The molecule has 0 aliphatic carbocycles. The number of hydrogen-bond donors (Lipinski definition) is 1. The fourth-order valence-electron chi connectivity index (χ4n) is 0.946. The molecule has 1 aromatic rings. The molecule has 14 heavy (non-hydrogen) atoms. The first-order chi connectivity index (χ1) is 6.46. The summed E-state index contributed by atoms with van der Waals surface area (Å²) in [7, 11) is 0. The van der Waals surface area contributed by atoms with Crippen LogP contribution in [0.25, 0.3) is 0 Å². The molecule has 0 saturated heterocycles. The third-order valence-corrected chi connectivity index (χ3v) is 2.44. The summed E-state index contributed by atoms with van der Waals surface area (Å²) in [4.78, 5) is 4.06. The number of anilines is 1. The first-order valence-corrected chi connectivity index (χ1v) is 4.52. The van der Waals surface area contributed by atoms with Crippen LogP contribution in [0, 0.1) is 0 Å². The topological polar surface area (TPSA) is 36.4 Å². The summed E-state index contributed by atoms with van der Waals surface area (Å²) < 4.78 is 0. The molecule has 0 fully saturated rings. The quantitative estimate of drug-likeness (QED) is 0.590. The fourth-order valence-corrected chi connectivity index (χ4v) is 0.946. The van der Waals surface area contributed by atoms with Crippen molar-refractivity contribution in [2.24, 2.45) is 0 Å². The van der Waals surface area contributed by atoms with Crippen LogP contribution in [0.4, 0.5) is 5.82 Å². The normalized spacial score (nSPS) is 11.1. The van der Waals surface area contributed by atoms with Gasteiger partial charge in [-0.15, -0.1) is 0 Å². The minimum atomic E-state index is -0.506. The van der Waals surface area contributed by atoms with Crippen LogP contribution in [0.1, 0.15) is 20.8 Å². The van der Waals surface area contributed by atoms with E-state index in [1.165, 1.54) is 0 Å². The highest BCUT2D eigenvalue weighted by molar-refractivity contribution is 5.40. The molecule has 3 heteroatoms. The molecule has 0 amide bonds. The Labute approximate surface area is 84.7 Å². The Bertz CT molecular complexity index is 319. The summed E-state index contributed by atoms with van der Waals surface area (Å²) in [5.41, 5.74) is 0.375. The first-order valence-electron chi connectivity index (χ1n) is 4.52. The average Bonchev–Trinajstić information content (AvgIpc) is 2.17. The number of pyridine rings is 1. The van der Waals surface area contributed by atoms with E-state index in [9.17, 15) is 5.21 Å². The predicted octanol–water partition coefficient (Wildman–Crippen LogP) is 2.63. The van der Waals surface area contributed by atoms with Crippen LogP contribution in [0.2, 0.25) is 0 Å². The molecule has 0 aliphatic heterocycles. The third kappa shape index (κ3) is 1.93. The van der Waals surface area contributed by atoms with Gasteiger partial charge in [-0.3, -0.25) is 5.21 Å². The molecule has 0 unspecified atom stereocenters. The number of rotatable bonds is 3. The standard InChI is InChI=1S/C11H16N2O/c1-9(2)11(3,4)13(14)10-7-5-6-8-12-10/h5-8,14H,1H2,2-4H3. The third-order valence-electron chi connectivity index (χ3n) is 2.44. The number of aromatic nitrogens is 1. The zero-order valence-corrected chi connectivity index (χ0v) is 8.86. The molecule has 0 saturated carbocycles. The molecule has 1 rings (SSSR count). The van der Waals surface area contributed by atoms with Gasteiger partial charge in [-0.05, 0) is 32.9 Å². The molecule has 1 heterocycles. The van der Waals surface area contributed by atoms with Crippen LogP contribution in [0.15, 0.2) is 36.5 Å². The highest BCUT2D eigenvalue weighted by atomic mass is 16.5. The van der Waals surface area contributed by atoms with E-state index in [4.69, 9.17) is 0 Å². The predicted molar refractivity (Wildman–Crippen MR) is 57.4 cm³/mol. The second-order valence-corrected chi connectivity index (χ2v) is 3.84. The Hall–Kier alpha value is -1.35. The molecule has 1 N–H and O–H groups in total. The summed E-state index contributed by atoms with van der Waals surface area (Å²) in [6.45, 7) is 9.51. The Morgan fingerprint density at radius 2 is 2.14 bits per heavy atom. The van der Waals surface area contributed by atoms with E-state index in [0.29, 0.717) is 5.82 Å². The van der Waals surface area contributed by atoms with Crippen molar-refractivity contribution in [3.8, 4) is 0 Å². The maximum absolute atomic E-state index is 9.93. The summed E-state index contributed by atoms with van der Waals surface area (Å²) in [5.74, 6) is 0.528. The van der Waals surface area contributed by atoms with Crippen molar-refractivity contribution in [1.82, 2.24) is 4.98 Å². The van der Waals surface area contributed by atoms with Gasteiger partial charge in [0.25, 0.3) is 0 Å². The van der Waals surface area contributed by atoms with Crippen molar-refractivity contribution in [2.45, 2.75) is 26.3 Å². The van der Waals surface area contributed by atoms with Gasteiger partial charge in [-0.1, -0.05) is 18.2 Å². The van der Waals surface area contributed by atoms with E-state index in [-0.39, 0.29) is 0 Å². The smallest absolute Gasteiger partial charge is 0.153 e. The molecular formula is C11H16N2O. The summed E-state index contributed by atoms with van der Waals surface area (Å²) in [5, 5.41) is 11.1. The second kappa shape index (κ2) is 3.80. The van der Waals surface area contributed by atoms with Crippen molar-refractivity contribution in [2.75, 3.05) is 5.06 Å². The SMILES string of the molecule is C=C(C)C(C)(C)N(O)c1ccccn1. The van der Waals surface area contributed by atoms with E-state index in [1.54, 1.807) is 12.3 Å². The maximum Gasteiger partial charge on any atom is 0.153 e. The van der Waals surface area contributed by atoms with Crippen molar-refractivity contribution in [1.29, 1.82) is 0 Å². The van der Waals surface area contributed by atoms with Gasteiger partial charge in [-0.25, -0.2) is 10.0 Å². The highest BCUT2D eigenvalue weighted by Crippen LogP contribution is 2.24. The second-order valence-electron chi connectivity index (χ2n) is 3.84. The summed E-state index contributed by atoms with van der Waals surface area (Å²) in [6.07, 6.45) is 1.65. The number of hydrogen-bond acceptors (Lipinski definition) is 3. The van der Waals surface area contributed by atoms with Crippen LogP contribution >= 0.6 is 0 Å². The van der Waals surface area contributed by atoms with Gasteiger partial charge in [0.05, 0.1) is 5.54 Å². The van der Waals surface area contributed by atoms with Gasteiger partial charge in [-0.2, -0.15) is 0 Å². The lowest BCUT2D eigenvalue weighted by molar-refractivity contribution is 0.187. The molecule has 3 nitrogen and oxygen atoms in total. The molecule has 0 atom stereocenters. The van der Waals surface area contributed by atoms with E-state index in [2.05, 4.69) is 11.6 Å². The number of hydroxylamine groups is 1. The Balaban J connectivity index is 2.96. The zero-order chi connectivity index (χ0) is 10.8. The Kier molecular flexibility index (Phi) is 2.91. The van der Waals surface area contributed by atoms with Crippen molar-refractivity contribution >= 4 is 5.82 Å². The van der Waals surface area contributed by atoms with Crippen LogP contribution in [-0.4, -0.2) is 15.7 Å². The number of nitrogens with zero attached hydrogens (tertiary/aromatic N) is 2. The fraction of sp³-hybridized carbons (Fsp3) is 0.364. The van der Waals surface area contributed by atoms with Crippen molar-refractivity contribution < 1.29 is 5.21 Å². The average molecular weight is 192 g/mol. The van der Waals surface area contributed by atoms with Gasteiger partial charge < -0.3 is 0 Å². The minimum Gasteiger partial charge on any atom is -0.286 e. The van der Waals surface area contributed by atoms with Gasteiger partial charge in [0, 0.05) is 6.20 Å². The van der Waals surface area contributed by atoms with Crippen LogP contribution in [0.5, 0.6) is 0 Å². The molecule has 0 bridgehead atoms. The molecular weight excluding hydrogens is 176 g/mol. The van der Waals surface area contributed by atoms with Crippen LogP contribution < -0.4 is 5.06 Å². The molecule has 0 spiro atoms. The van der Waals surface area contributed by atoms with E-state index >= 15 is 0 Å². The summed E-state index contributed by atoms with van der Waals surface area (Å²) >= 11 is 0. The van der Waals surface area contributed by atoms with Crippen molar-refractivity contribution in [3.63, 3.8) is 0 Å².